The molecule has 38 heavy (non-hydrogen) atoms. The van der Waals surface area contributed by atoms with Gasteiger partial charge < -0.3 is 24.4 Å². The number of nitrogens with one attached hydrogen (secondary N) is 1. The number of allylic oxidation sites excluding steroid dienone is 2. The molecule has 0 unspecified atom stereocenters. The number of nitrogens with zero attached hydrogens (tertiary/aromatic N) is 2. The number of hydrogen-bond donors (Lipinski definition) is 1. The van der Waals surface area contributed by atoms with Crippen molar-refractivity contribution in [2.75, 3.05) is 19.5 Å². The monoisotopic (exact) mass is 511 g/mol. The highest BCUT2D eigenvalue weighted by Gasteiger charge is 2.37. The third-order valence-corrected chi connectivity index (χ3v) is 7.25. The summed E-state index contributed by atoms with van der Waals surface area (Å²) in [6, 6.07) is 13.2. The molecule has 1 aromatic heterocycles. The highest BCUT2D eigenvalue weighted by molar-refractivity contribution is 5.93. The van der Waals surface area contributed by atoms with E-state index >= 15 is 0 Å². The van der Waals surface area contributed by atoms with Gasteiger partial charge in [-0.3, -0.25) is 4.98 Å². The maximum atomic E-state index is 12.8. The lowest BCUT2D eigenvalue weighted by Crippen LogP contribution is -2.33. The van der Waals surface area contributed by atoms with Crippen LogP contribution in [0.3, 0.4) is 0 Å². The average molecular weight is 512 g/mol. The van der Waals surface area contributed by atoms with Crippen LogP contribution >= 0.6 is 0 Å². The minimum atomic E-state index is -0.451. The summed E-state index contributed by atoms with van der Waals surface area (Å²) in [4.78, 5) is 19.3. The Hall–Kier alpha value is -4.26. The van der Waals surface area contributed by atoms with Gasteiger partial charge >= 0.3 is 5.97 Å². The van der Waals surface area contributed by atoms with Crippen LogP contribution in [-0.4, -0.2) is 35.6 Å². The fourth-order valence-corrected chi connectivity index (χ4v) is 5.17. The number of rotatable bonds is 6. The Morgan fingerprint density at radius 1 is 1.08 bits per heavy atom. The minimum Gasteiger partial charge on any atom is -0.500 e. The second kappa shape index (κ2) is 9.56. The van der Waals surface area contributed by atoms with Crippen LogP contribution in [0.2, 0.25) is 0 Å². The molecule has 0 amide bonds. The summed E-state index contributed by atoms with van der Waals surface area (Å²) in [5.41, 5.74) is 8.60. The molecule has 2 aliphatic rings. The van der Waals surface area contributed by atoms with Crippen molar-refractivity contribution in [3.05, 3.63) is 88.6 Å². The van der Waals surface area contributed by atoms with Crippen molar-refractivity contribution in [3.63, 3.8) is 0 Å². The Bertz CT molecular complexity index is 1500. The second-order valence-corrected chi connectivity index (χ2v) is 10.2. The first-order valence-corrected chi connectivity index (χ1v) is 12.6. The van der Waals surface area contributed by atoms with Crippen molar-refractivity contribution in [2.24, 2.45) is 0 Å². The lowest BCUT2D eigenvalue weighted by atomic mass is 9.89. The van der Waals surface area contributed by atoms with Gasteiger partial charge in [-0.05, 0) is 82.2 Å². The molecule has 0 bridgehead atoms. The fourth-order valence-electron chi connectivity index (χ4n) is 5.17. The van der Waals surface area contributed by atoms with Gasteiger partial charge in [-0.2, -0.15) is 0 Å². The molecule has 7 nitrogen and oxygen atoms in total. The van der Waals surface area contributed by atoms with Crippen LogP contribution in [0.5, 0.6) is 11.5 Å². The molecule has 3 aromatic rings. The van der Waals surface area contributed by atoms with E-state index in [9.17, 15) is 4.79 Å². The second-order valence-electron chi connectivity index (χ2n) is 10.2. The maximum Gasteiger partial charge on any atom is 0.345 e. The molecule has 7 heteroatoms. The average Bonchev–Trinajstić information content (AvgIpc) is 3.27. The molecule has 0 saturated carbocycles. The van der Waals surface area contributed by atoms with Crippen molar-refractivity contribution >= 4 is 17.4 Å². The van der Waals surface area contributed by atoms with Crippen molar-refractivity contribution in [1.82, 2.24) is 9.88 Å². The number of ether oxygens (including phenoxy) is 3. The van der Waals surface area contributed by atoms with Gasteiger partial charge in [-0.15, -0.1) is 0 Å². The zero-order valence-corrected chi connectivity index (χ0v) is 22.9. The van der Waals surface area contributed by atoms with E-state index in [2.05, 4.69) is 54.2 Å². The van der Waals surface area contributed by atoms with Crippen LogP contribution in [0.4, 0.5) is 5.69 Å². The van der Waals surface area contributed by atoms with Crippen LogP contribution in [-0.2, 0) is 11.3 Å². The Kier molecular flexibility index (Phi) is 6.39. The first-order valence-electron chi connectivity index (χ1n) is 12.6. The van der Waals surface area contributed by atoms with Gasteiger partial charge in [0, 0.05) is 41.3 Å². The Morgan fingerprint density at radius 2 is 1.84 bits per heavy atom. The topological polar surface area (TPSA) is 72.9 Å². The van der Waals surface area contributed by atoms with E-state index in [1.165, 1.54) is 16.8 Å². The molecule has 196 valence electrons. The predicted octanol–water partition coefficient (Wildman–Crippen LogP) is 6.54. The molecule has 0 aliphatic carbocycles. The number of esters is 1. The molecule has 5 rings (SSSR count). The van der Waals surface area contributed by atoms with Gasteiger partial charge in [0.15, 0.2) is 0 Å². The Labute approximate surface area is 223 Å². The SMILES string of the molecule is CO/C(C)=C(/C)N1Cc2c(-c3ccc(OC(=O)c4cccnc4C)cc3OC)ccc3c2C1=CC(C)(C)N3. The van der Waals surface area contributed by atoms with E-state index in [0.717, 1.165) is 28.3 Å². The Balaban J connectivity index is 1.56. The Morgan fingerprint density at radius 3 is 2.55 bits per heavy atom. The number of carbonyl (C=O) groups excluding carboxylic acids is 1. The standard InChI is InChI=1S/C31H33N3O4/c1-18-22(9-8-14-32-18)30(35)38-21-10-11-24(28(15-21)37-7)23-12-13-26-29-25(23)17-34(19(2)20(3)36-6)27(29)16-31(4,5)33-26/h8-16,33H,17H2,1-7H3/b20-19-. The quantitative estimate of drug-likeness (QED) is 0.229. The summed E-state index contributed by atoms with van der Waals surface area (Å²) in [5.74, 6) is 1.47. The van der Waals surface area contributed by atoms with E-state index < -0.39 is 5.97 Å². The maximum absolute atomic E-state index is 12.8. The largest absolute Gasteiger partial charge is 0.500 e. The first kappa shape index (κ1) is 25.4. The number of hydrogen-bond acceptors (Lipinski definition) is 7. The molecule has 0 spiro atoms. The molecule has 2 aromatic carbocycles. The van der Waals surface area contributed by atoms with Gasteiger partial charge in [0.1, 0.15) is 17.3 Å². The third-order valence-electron chi connectivity index (χ3n) is 7.25. The van der Waals surface area contributed by atoms with Crippen LogP contribution < -0.4 is 14.8 Å². The number of benzene rings is 2. The lowest BCUT2D eigenvalue weighted by molar-refractivity contribution is 0.0733. The van der Waals surface area contributed by atoms with Crippen molar-refractivity contribution in [2.45, 2.75) is 46.7 Å². The van der Waals surface area contributed by atoms with E-state index in [4.69, 9.17) is 14.2 Å². The fraction of sp³-hybridized carbons (Fsp3) is 0.290. The number of aryl methyl sites for hydroxylation is 1. The number of aromatic nitrogens is 1. The number of anilines is 1. The summed E-state index contributed by atoms with van der Waals surface area (Å²) in [7, 11) is 3.33. The van der Waals surface area contributed by atoms with Gasteiger partial charge in [-0.1, -0.05) is 6.07 Å². The van der Waals surface area contributed by atoms with E-state index in [1.807, 2.05) is 13.0 Å². The summed E-state index contributed by atoms with van der Waals surface area (Å²) >= 11 is 0. The van der Waals surface area contributed by atoms with Gasteiger partial charge in [0.05, 0.1) is 36.7 Å². The summed E-state index contributed by atoms with van der Waals surface area (Å²) in [5, 5.41) is 3.66. The summed E-state index contributed by atoms with van der Waals surface area (Å²) in [6.45, 7) is 10.9. The smallest absolute Gasteiger partial charge is 0.345 e. The molecule has 0 fully saturated rings. The van der Waals surface area contributed by atoms with E-state index in [0.29, 0.717) is 29.3 Å². The van der Waals surface area contributed by atoms with Gasteiger partial charge in [0.25, 0.3) is 0 Å². The minimum absolute atomic E-state index is 0.194. The molecule has 2 aliphatic heterocycles. The van der Waals surface area contributed by atoms with E-state index in [1.54, 1.807) is 51.6 Å². The van der Waals surface area contributed by atoms with E-state index in [-0.39, 0.29) is 5.54 Å². The molecule has 0 radical (unpaired) electrons. The van der Waals surface area contributed by atoms with Crippen LogP contribution in [0, 0.1) is 6.92 Å². The van der Waals surface area contributed by atoms with Crippen molar-refractivity contribution < 1.29 is 19.0 Å². The normalized spacial score (nSPS) is 15.7. The van der Waals surface area contributed by atoms with Crippen molar-refractivity contribution in [3.8, 4) is 22.6 Å². The molecule has 1 N–H and O–H groups in total. The molecule has 0 atom stereocenters. The zero-order valence-electron chi connectivity index (χ0n) is 22.9. The number of methoxy groups -OCH3 is 2. The highest BCUT2D eigenvalue weighted by atomic mass is 16.5. The molecular weight excluding hydrogens is 478 g/mol. The van der Waals surface area contributed by atoms with Crippen molar-refractivity contribution in [1.29, 1.82) is 0 Å². The molecule has 0 saturated heterocycles. The van der Waals surface area contributed by atoms with Crippen LogP contribution in [0.25, 0.3) is 16.8 Å². The third kappa shape index (κ3) is 4.38. The molecule has 3 heterocycles. The lowest BCUT2D eigenvalue weighted by Gasteiger charge is -2.33. The van der Waals surface area contributed by atoms with Crippen LogP contribution in [0.15, 0.2) is 66.2 Å². The molecular formula is C31H33N3O4. The number of carbonyl (C=O) groups is 1. The first-order chi connectivity index (χ1) is 18.1. The number of pyridine rings is 1. The summed E-state index contributed by atoms with van der Waals surface area (Å²) in [6.07, 6.45) is 3.93. The van der Waals surface area contributed by atoms with Crippen LogP contribution in [0.1, 0.15) is 54.9 Å². The van der Waals surface area contributed by atoms with Gasteiger partial charge in [-0.25, -0.2) is 4.79 Å². The summed E-state index contributed by atoms with van der Waals surface area (Å²) < 4.78 is 17.1. The highest BCUT2D eigenvalue weighted by Crippen LogP contribution is 2.49. The predicted molar refractivity (Wildman–Crippen MR) is 149 cm³/mol. The van der Waals surface area contributed by atoms with Gasteiger partial charge in [0.2, 0.25) is 0 Å². The zero-order chi connectivity index (χ0) is 27.2.